The first-order chi connectivity index (χ1) is 19.2. The molecule has 1 amide bonds. The van der Waals surface area contributed by atoms with Gasteiger partial charge in [-0.1, -0.05) is 72.3 Å². The highest BCUT2D eigenvalue weighted by Crippen LogP contribution is 2.27. The van der Waals surface area contributed by atoms with Crippen molar-refractivity contribution in [2.45, 2.75) is 26.7 Å². The summed E-state index contributed by atoms with van der Waals surface area (Å²) in [5.41, 5.74) is 4.76. The lowest BCUT2D eigenvalue weighted by molar-refractivity contribution is 0.0976. The molecule has 0 bridgehead atoms. The van der Waals surface area contributed by atoms with Crippen LogP contribution in [-0.4, -0.2) is 44.8 Å². The fourth-order valence-corrected chi connectivity index (χ4v) is 5.49. The van der Waals surface area contributed by atoms with E-state index in [4.69, 9.17) is 16.3 Å². The standard InChI is InChI=1S/C31H34ClN3O4S/c1-22-20-25(21-23(2)29(22)32)39-18-9-14-27-26-13-6-7-15-28(26)34-30(27)31(36)35-40(37,38)19-17-33-16-8-12-24-10-4-3-5-11-24/h3-8,10-13,15,20-21,33-34H,9,14,16-19H2,1-2H3,(H,35,36)/b12-8+. The molecule has 9 heteroatoms. The number of nitrogens with one attached hydrogen (secondary N) is 3. The van der Waals surface area contributed by atoms with Crippen LogP contribution in [-0.2, 0) is 16.4 Å². The van der Waals surface area contributed by atoms with Gasteiger partial charge in [0.25, 0.3) is 5.91 Å². The number of amides is 1. The number of ether oxygens (including phenoxy) is 1. The molecule has 3 N–H and O–H groups in total. The lowest BCUT2D eigenvalue weighted by atomic mass is 10.1. The van der Waals surface area contributed by atoms with Gasteiger partial charge < -0.3 is 15.0 Å². The van der Waals surface area contributed by atoms with Gasteiger partial charge in [0.2, 0.25) is 10.0 Å². The lowest BCUT2D eigenvalue weighted by Crippen LogP contribution is -2.36. The number of carbonyl (C=O) groups excluding carboxylic acids is 1. The minimum Gasteiger partial charge on any atom is -0.494 e. The highest BCUT2D eigenvalue weighted by Gasteiger charge is 2.22. The molecule has 0 atom stereocenters. The number of para-hydroxylation sites is 1. The maximum absolute atomic E-state index is 13.1. The van der Waals surface area contributed by atoms with Crippen molar-refractivity contribution in [2.24, 2.45) is 0 Å². The first-order valence-corrected chi connectivity index (χ1v) is 15.2. The number of hydrogen-bond acceptors (Lipinski definition) is 5. The minimum atomic E-state index is -3.84. The van der Waals surface area contributed by atoms with E-state index < -0.39 is 15.9 Å². The summed E-state index contributed by atoms with van der Waals surface area (Å²) in [6, 6.07) is 21.2. The number of aryl methyl sites for hydroxylation is 3. The summed E-state index contributed by atoms with van der Waals surface area (Å²) in [5.74, 6) is -0.145. The van der Waals surface area contributed by atoms with E-state index >= 15 is 0 Å². The Hall–Kier alpha value is -3.59. The Morgan fingerprint density at radius 3 is 2.48 bits per heavy atom. The van der Waals surface area contributed by atoms with Gasteiger partial charge in [0.15, 0.2) is 0 Å². The number of sulfonamides is 1. The number of carbonyl (C=O) groups is 1. The van der Waals surface area contributed by atoms with Crippen LogP contribution in [0.25, 0.3) is 17.0 Å². The molecule has 4 aromatic rings. The first kappa shape index (κ1) is 29.4. The predicted octanol–water partition coefficient (Wildman–Crippen LogP) is 5.81. The van der Waals surface area contributed by atoms with E-state index in [2.05, 4.69) is 15.0 Å². The number of aromatic nitrogens is 1. The summed E-state index contributed by atoms with van der Waals surface area (Å²) in [7, 11) is -3.84. The number of fused-ring (bicyclic) bond motifs is 1. The molecule has 1 heterocycles. The molecular formula is C31H34ClN3O4S. The topological polar surface area (TPSA) is 100 Å². The Balaban J connectivity index is 1.33. The molecule has 4 rings (SSSR count). The molecule has 7 nitrogen and oxygen atoms in total. The average Bonchev–Trinajstić information content (AvgIpc) is 3.31. The van der Waals surface area contributed by atoms with E-state index in [9.17, 15) is 13.2 Å². The summed E-state index contributed by atoms with van der Waals surface area (Å²) in [5, 5.41) is 4.68. The van der Waals surface area contributed by atoms with Crippen molar-refractivity contribution in [3.05, 3.63) is 106 Å². The maximum Gasteiger partial charge on any atom is 0.281 e. The molecule has 0 saturated carbocycles. The molecule has 0 saturated heterocycles. The highest BCUT2D eigenvalue weighted by atomic mass is 35.5. The summed E-state index contributed by atoms with van der Waals surface area (Å²) in [6.07, 6.45) is 5.06. The number of hydrogen-bond donors (Lipinski definition) is 3. The van der Waals surface area contributed by atoms with Gasteiger partial charge in [0.1, 0.15) is 11.4 Å². The monoisotopic (exact) mass is 579 g/mol. The third-order valence-corrected chi connectivity index (χ3v) is 8.29. The van der Waals surface area contributed by atoms with Crippen LogP contribution in [0.15, 0.2) is 72.8 Å². The third kappa shape index (κ3) is 7.97. The molecule has 0 unspecified atom stereocenters. The molecule has 0 fully saturated rings. The Kier molecular flexibility index (Phi) is 10.0. The van der Waals surface area contributed by atoms with E-state index in [0.717, 1.165) is 43.9 Å². The molecule has 0 radical (unpaired) electrons. The first-order valence-electron chi connectivity index (χ1n) is 13.2. The van der Waals surface area contributed by atoms with E-state index in [0.29, 0.717) is 26.0 Å². The van der Waals surface area contributed by atoms with Crippen molar-refractivity contribution < 1.29 is 17.9 Å². The average molecular weight is 580 g/mol. The minimum absolute atomic E-state index is 0.211. The Morgan fingerprint density at radius 1 is 1.02 bits per heavy atom. The number of benzene rings is 3. The summed E-state index contributed by atoms with van der Waals surface area (Å²) in [6.45, 7) is 5.03. The van der Waals surface area contributed by atoms with Crippen molar-refractivity contribution in [3.63, 3.8) is 0 Å². The zero-order valence-electron chi connectivity index (χ0n) is 22.7. The van der Waals surface area contributed by atoms with Crippen molar-refractivity contribution in [1.29, 1.82) is 0 Å². The molecule has 0 aliphatic heterocycles. The third-order valence-electron chi connectivity index (χ3n) is 6.46. The quantitative estimate of drug-likeness (QED) is 0.174. The van der Waals surface area contributed by atoms with E-state index in [1.165, 1.54) is 0 Å². The summed E-state index contributed by atoms with van der Waals surface area (Å²) < 4.78 is 33.5. The highest BCUT2D eigenvalue weighted by molar-refractivity contribution is 7.90. The SMILES string of the molecule is Cc1cc(OCCCc2c(C(=O)NS(=O)(=O)CCNC/C=C/c3ccccc3)[nH]c3ccccc23)cc(C)c1Cl. The van der Waals surface area contributed by atoms with Crippen LogP contribution < -0.4 is 14.8 Å². The molecule has 3 aromatic carbocycles. The van der Waals surface area contributed by atoms with Gasteiger partial charge in [-0.15, -0.1) is 0 Å². The van der Waals surface area contributed by atoms with Crippen molar-refractivity contribution in [3.8, 4) is 5.75 Å². The molecule has 0 aliphatic carbocycles. The number of aromatic amines is 1. The van der Waals surface area contributed by atoms with Gasteiger partial charge in [-0.25, -0.2) is 13.1 Å². The van der Waals surface area contributed by atoms with Gasteiger partial charge in [-0.05, 0) is 67.1 Å². The van der Waals surface area contributed by atoms with Gasteiger partial charge >= 0.3 is 0 Å². The second-order valence-electron chi connectivity index (χ2n) is 9.61. The van der Waals surface area contributed by atoms with Crippen molar-refractivity contribution in [1.82, 2.24) is 15.0 Å². The van der Waals surface area contributed by atoms with Crippen LogP contribution >= 0.6 is 11.6 Å². The molecule has 1 aromatic heterocycles. The zero-order valence-corrected chi connectivity index (χ0v) is 24.2. The number of H-pyrrole nitrogens is 1. The second kappa shape index (κ2) is 13.7. The molecule has 0 spiro atoms. The fraction of sp³-hybridized carbons (Fsp3) is 0.258. The lowest BCUT2D eigenvalue weighted by Gasteiger charge is -2.11. The summed E-state index contributed by atoms with van der Waals surface area (Å²) >= 11 is 6.25. The van der Waals surface area contributed by atoms with Crippen LogP contribution in [0.3, 0.4) is 0 Å². The van der Waals surface area contributed by atoms with Gasteiger partial charge in [-0.3, -0.25) is 4.79 Å². The van der Waals surface area contributed by atoms with Crippen LogP contribution in [0.4, 0.5) is 0 Å². The normalized spacial score (nSPS) is 11.8. The van der Waals surface area contributed by atoms with Crippen molar-refractivity contribution >= 4 is 44.5 Å². The predicted molar refractivity (Wildman–Crippen MR) is 163 cm³/mol. The van der Waals surface area contributed by atoms with Crippen LogP contribution in [0.2, 0.25) is 5.02 Å². The largest absolute Gasteiger partial charge is 0.494 e. The molecule has 0 aliphatic rings. The Labute approximate surface area is 240 Å². The van der Waals surface area contributed by atoms with Crippen LogP contribution in [0.1, 0.15) is 39.2 Å². The zero-order chi connectivity index (χ0) is 28.5. The van der Waals surface area contributed by atoms with Crippen LogP contribution in [0, 0.1) is 13.8 Å². The molecular weight excluding hydrogens is 546 g/mol. The van der Waals surface area contributed by atoms with E-state index in [1.54, 1.807) is 0 Å². The van der Waals surface area contributed by atoms with Crippen molar-refractivity contribution in [2.75, 3.05) is 25.4 Å². The second-order valence-corrected chi connectivity index (χ2v) is 11.8. The molecule has 40 heavy (non-hydrogen) atoms. The van der Waals surface area contributed by atoms with Crippen LogP contribution in [0.5, 0.6) is 5.75 Å². The summed E-state index contributed by atoms with van der Waals surface area (Å²) in [4.78, 5) is 16.2. The maximum atomic E-state index is 13.1. The smallest absolute Gasteiger partial charge is 0.281 e. The van der Waals surface area contributed by atoms with Gasteiger partial charge in [0, 0.05) is 29.0 Å². The Bertz CT molecular complexity index is 1570. The van der Waals surface area contributed by atoms with Gasteiger partial charge in [0.05, 0.1) is 12.4 Å². The number of halogens is 1. The Morgan fingerprint density at radius 2 is 1.73 bits per heavy atom. The number of rotatable bonds is 13. The van der Waals surface area contributed by atoms with Gasteiger partial charge in [-0.2, -0.15) is 0 Å². The molecule has 210 valence electrons. The van der Waals surface area contributed by atoms with E-state index in [-0.39, 0.29) is 18.0 Å². The van der Waals surface area contributed by atoms with E-state index in [1.807, 2.05) is 92.7 Å². The fourth-order valence-electron chi connectivity index (χ4n) is 4.48.